The Hall–Kier alpha value is -2.08. The average Bonchev–Trinajstić information content (AvgIpc) is 2.48. The van der Waals surface area contributed by atoms with Crippen LogP contribution in [0.2, 0.25) is 0 Å². The highest BCUT2D eigenvalue weighted by Crippen LogP contribution is 2.18. The molecule has 1 aromatic rings. The summed E-state index contributed by atoms with van der Waals surface area (Å²) in [6.45, 7) is 0. The molecule has 6 nitrogen and oxygen atoms in total. The minimum absolute atomic E-state index is 0.0152. The topological polar surface area (TPSA) is 98.7 Å². The number of aliphatic hydroxyl groups is 1. The van der Waals surface area contributed by atoms with Gasteiger partial charge >= 0.3 is 12.0 Å². The second-order valence-electron chi connectivity index (χ2n) is 5.31. The third-order valence-electron chi connectivity index (χ3n) is 3.69. The smallest absolute Gasteiger partial charge is 0.330 e. The third kappa shape index (κ3) is 4.46. The average molecular weight is 292 g/mol. The van der Waals surface area contributed by atoms with Crippen molar-refractivity contribution in [1.82, 2.24) is 10.6 Å². The molecule has 6 heteroatoms. The van der Waals surface area contributed by atoms with Gasteiger partial charge in [-0.1, -0.05) is 30.3 Å². The summed E-state index contributed by atoms with van der Waals surface area (Å²) in [7, 11) is 0. The first-order chi connectivity index (χ1) is 10.1. The molecular weight excluding hydrogens is 272 g/mol. The zero-order valence-electron chi connectivity index (χ0n) is 11.7. The lowest BCUT2D eigenvalue weighted by Crippen LogP contribution is -2.46. The molecule has 21 heavy (non-hydrogen) atoms. The van der Waals surface area contributed by atoms with E-state index in [4.69, 9.17) is 0 Å². The van der Waals surface area contributed by atoms with Crippen LogP contribution < -0.4 is 10.6 Å². The van der Waals surface area contributed by atoms with Gasteiger partial charge in [-0.2, -0.15) is 0 Å². The highest BCUT2D eigenvalue weighted by molar-refractivity contribution is 5.83. The molecule has 1 aliphatic rings. The lowest BCUT2D eigenvalue weighted by Gasteiger charge is -2.27. The number of hydrogen-bond acceptors (Lipinski definition) is 3. The maximum absolute atomic E-state index is 11.9. The van der Waals surface area contributed by atoms with Crippen LogP contribution in [0.4, 0.5) is 4.79 Å². The Morgan fingerprint density at radius 1 is 1.10 bits per heavy atom. The fraction of sp³-hybridized carbons (Fsp3) is 0.467. The first-order valence-corrected chi connectivity index (χ1v) is 7.09. The summed E-state index contributed by atoms with van der Waals surface area (Å²) < 4.78 is 0. The molecule has 1 aliphatic carbocycles. The van der Waals surface area contributed by atoms with Crippen molar-refractivity contribution < 1.29 is 19.8 Å². The van der Waals surface area contributed by atoms with E-state index >= 15 is 0 Å². The number of carbonyl (C=O) groups is 2. The summed E-state index contributed by atoms with van der Waals surface area (Å²) in [5.74, 6) is -1.10. The van der Waals surface area contributed by atoms with Crippen LogP contribution in [0.1, 0.15) is 37.3 Å². The van der Waals surface area contributed by atoms with Gasteiger partial charge < -0.3 is 20.8 Å². The van der Waals surface area contributed by atoms with Crippen molar-refractivity contribution in [1.29, 1.82) is 0 Å². The van der Waals surface area contributed by atoms with Crippen molar-refractivity contribution in [3.05, 3.63) is 35.9 Å². The van der Waals surface area contributed by atoms with Crippen LogP contribution >= 0.6 is 0 Å². The van der Waals surface area contributed by atoms with Gasteiger partial charge in [0.15, 0.2) is 6.04 Å². The van der Waals surface area contributed by atoms with Crippen molar-refractivity contribution in [2.24, 2.45) is 0 Å². The van der Waals surface area contributed by atoms with Crippen LogP contribution in [0.3, 0.4) is 0 Å². The van der Waals surface area contributed by atoms with Crippen LogP contribution in [0.25, 0.3) is 0 Å². The van der Waals surface area contributed by atoms with E-state index in [-0.39, 0.29) is 12.1 Å². The fourth-order valence-electron chi connectivity index (χ4n) is 2.51. The predicted molar refractivity (Wildman–Crippen MR) is 76.7 cm³/mol. The van der Waals surface area contributed by atoms with Crippen molar-refractivity contribution in [2.75, 3.05) is 0 Å². The van der Waals surface area contributed by atoms with Gasteiger partial charge in [-0.05, 0) is 31.2 Å². The number of rotatable bonds is 4. The Balaban J connectivity index is 1.91. The number of benzene rings is 1. The third-order valence-corrected chi connectivity index (χ3v) is 3.69. The summed E-state index contributed by atoms with van der Waals surface area (Å²) in [6.07, 6.45) is 2.44. The highest BCUT2D eigenvalue weighted by atomic mass is 16.4. The predicted octanol–water partition coefficient (Wildman–Crippen LogP) is 1.41. The number of aliphatic carboxylic acids is 1. The molecule has 0 aromatic heterocycles. The summed E-state index contributed by atoms with van der Waals surface area (Å²) in [5, 5.41) is 23.9. The molecule has 1 unspecified atom stereocenters. The van der Waals surface area contributed by atoms with E-state index < -0.39 is 18.0 Å². The van der Waals surface area contributed by atoms with Gasteiger partial charge in [0, 0.05) is 6.04 Å². The van der Waals surface area contributed by atoms with E-state index in [2.05, 4.69) is 10.6 Å². The number of amides is 2. The molecule has 0 spiro atoms. The summed E-state index contributed by atoms with van der Waals surface area (Å²) in [6, 6.07) is 6.99. The Morgan fingerprint density at radius 2 is 1.71 bits per heavy atom. The zero-order valence-corrected chi connectivity index (χ0v) is 11.7. The molecule has 0 aliphatic heterocycles. The molecule has 114 valence electrons. The Kier molecular flexibility index (Phi) is 5.16. The summed E-state index contributed by atoms with van der Waals surface area (Å²) in [4.78, 5) is 23.2. The quantitative estimate of drug-likeness (QED) is 0.674. The van der Waals surface area contributed by atoms with E-state index in [1.54, 1.807) is 30.3 Å². The molecule has 0 bridgehead atoms. The molecule has 2 amide bonds. The van der Waals surface area contributed by atoms with Gasteiger partial charge in [-0.15, -0.1) is 0 Å². The van der Waals surface area contributed by atoms with Gasteiger partial charge in [0.2, 0.25) is 0 Å². The molecule has 1 fully saturated rings. The Bertz CT molecular complexity index is 484. The summed E-state index contributed by atoms with van der Waals surface area (Å²) in [5.41, 5.74) is 0.527. The highest BCUT2D eigenvalue weighted by Gasteiger charge is 2.25. The molecule has 1 aromatic carbocycles. The largest absolute Gasteiger partial charge is 0.479 e. The van der Waals surface area contributed by atoms with Crippen LogP contribution in [-0.4, -0.2) is 34.4 Å². The Morgan fingerprint density at radius 3 is 2.29 bits per heavy atom. The van der Waals surface area contributed by atoms with Gasteiger partial charge in [-0.25, -0.2) is 9.59 Å². The zero-order chi connectivity index (χ0) is 15.2. The van der Waals surface area contributed by atoms with E-state index in [1.165, 1.54) is 0 Å². The molecule has 2 rings (SSSR count). The van der Waals surface area contributed by atoms with E-state index in [0.717, 1.165) is 0 Å². The van der Waals surface area contributed by atoms with E-state index in [0.29, 0.717) is 31.2 Å². The van der Waals surface area contributed by atoms with Gasteiger partial charge in [-0.3, -0.25) is 0 Å². The van der Waals surface area contributed by atoms with Crippen LogP contribution in [0.5, 0.6) is 0 Å². The number of urea groups is 1. The van der Waals surface area contributed by atoms with Crippen molar-refractivity contribution in [3.8, 4) is 0 Å². The number of aliphatic hydroxyl groups excluding tert-OH is 1. The standard InChI is InChI=1S/C15H20N2O4/c18-12-8-6-11(7-9-12)16-15(21)17-13(14(19)20)10-4-2-1-3-5-10/h1-5,11-13,18H,6-9H2,(H,19,20)(H2,16,17,21). The SMILES string of the molecule is O=C(NC1CCC(O)CC1)NC(C(=O)O)c1ccccc1. The maximum atomic E-state index is 11.9. The summed E-state index contributed by atoms with van der Waals surface area (Å²) >= 11 is 0. The fourth-order valence-corrected chi connectivity index (χ4v) is 2.51. The van der Waals surface area contributed by atoms with Crippen LogP contribution in [0.15, 0.2) is 30.3 Å². The van der Waals surface area contributed by atoms with Gasteiger partial charge in [0.05, 0.1) is 6.10 Å². The molecule has 0 saturated heterocycles. The second-order valence-corrected chi connectivity index (χ2v) is 5.31. The normalized spacial score (nSPS) is 23.1. The molecule has 4 N–H and O–H groups in total. The molecule has 1 atom stereocenters. The second kappa shape index (κ2) is 7.08. The first kappa shape index (κ1) is 15.3. The number of nitrogens with one attached hydrogen (secondary N) is 2. The maximum Gasteiger partial charge on any atom is 0.330 e. The number of carboxylic acid groups (broad SMARTS) is 1. The van der Waals surface area contributed by atoms with Crippen LogP contribution in [-0.2, 0) is 4.79 Å². The van der Waals surface area contributed by atoms with Crippen molar-refractivity contribution >= 4 is 12.0 Å². The lowest BCUT2D eigenvalue weighted by molar-refractivity contribution is -0.139. The first-order valence-electron chi connectivity index (χ1n) is 7.09. The minimum Gasteiger partial charge on any atom is -0.479 e. The molecule has 0 radical (unpaired) electrons. The lowest BCUT2D eigenvalue weighted by atomic mass is 9.93. The van der Waals surface area contributed by atoms with E-state index in [1.807, 2.05) is 0 Å². The minimum atomic E-state index is -1.10. The Labute approximate surface area is 123 Å². The van der Waals surface area contributed by atoms with Gasteiger partial charge in [0.25, 0.3) is 0 Å². The van der Waals surface area contributed by atoms with Gasteiger partial charge in [0.1, 0.15) is 0 Å². The molecule has 1 saturated carbocycles. The number of hydrogen-bond donors (Lipinski definition) is 4. The van der Waals surface area contributed by atoms with Crippen molar-refractivity contribution in [3.63, 3.8) is 0 Å². The number of carbonyl (C=O) groups excluding carboxylic acids is 1. The molecular formula is C15H20N2O4. The molecule has 0 heterocycles. The van der Waals surface area contributed by atoms with Crippen molar-refractivity contribution in [2.45, 2.75) is 43.9 Å². The van der Waals surface area contributed by atoms with E-state index in [9.17, 15) is 19.8 Å². The van der Waals surface area contributed by atoms with Crippen LogP contribution in [0, 0.1) is 0 Å². The monoisotopic (exact) mass is 292 g/mol. The number of carboxylic acids is 1.